The second-order valence-corrected chi connectivity index (χ2v) is 7.24. The number of rotatable bonds is 3. The summed E-state index contributed by atoms with van der Waals surface area (Å²) in [6.45, 7) is 5.37. The zero-order valence-corrected chi connectivity index (χ0v) is 14.0. The molecule has 0 saturated carbocycles. The van der Waals surface area contributed by atoms with Crippen LogP contribution in [0, 0.1) is 17.2 Å². The van der Waals surface area contributed by atoms with Crippen molar-refractivity contribution in [2.45, 2.75) is 19.9 Å². The van der Waals surface area contributed by atoms with Crippen molar-refractivity contribution in [1.29, 1.82) is 0 Å². The van der Waals surface area contributed by atoms with E-state index in [-0.39, 0.29) is 29.7 Å². The third-order valence-corrected chi connectivity index (χ3v) is 5.72. The maximum atomic E-state index is 13.2. The van der Waals surface area contributed by atoms with Crippen molar-refractivity contribution in [3.05, 3.63) is 34.6 Å². The number of amides is 1. The molecule has 1 aromatic carbocycles. The lowest BCUT2D eigenvalue weighted by molar-refractivity contribution is -0.133. The van der Waals surface area contributed by atoms with E-state index in [2.05, 4.69) is 4.90 Å². The van der Waals surface area contributed by atoms with Gasteiger partial charge < -0.3 is 10.0 Å². The molecule has 4 nitrogen and oxygen atoms in total. The lowest BCUT2D eigenvalue weighted by atomic mass is 9.73. The molecule has 0 unspecified atom stereocenters. The van der Waals surface area contributed by atoms with Crippen molar-refractivity contribution in [2.75, 3.05) is 32.8 Å². The molecule has 0 radical (unpaired) electrons. The van der Waals surface area contributed by atoms with Gasteiger partial charge in [-0.15, -0.1) is 0 Å². The fourth-order valence-electron chi connectivity index (χ4n) is 3.95. The van der Waals surface area contributed by atoms with Gasteiger partial charge in [-0.05, 0) is 30.0 Å². The van der Waals surface area contributed by atoms with Crippen LogP contribution in [0.2, 0.25) is 5.02 Å². The van der Waals surface area contributed by atoms with E-state index < -0.39 is 0 Å². The predicted molar refractivity (Wildman–Crippen MR) is 86.6 cm³/mol. The van der Waals surface area contributed by atoms with E-state index in [0.29, 0.717) is 24.7 Å². The highest BCUT2D eigenvalue weighted by atomic mass is 35.5. The van der Waals surface area contributed by atoms with Crippen LogP contribution in [0.15, 0.2) is 18.2 Å². The SMILES string of the molecule is CC(=O)N1CC[C@]2(CO)CN(Cc3ccc(F)cc3Cl)C[C@@H]2C1. The number of benzene rings is 1. The van der Waals surface area contributed by atoms with Gasteiger partial charge in [0.05, 0.1) is 6.61 Å². The Balaban J connectivity index is 1.73. The molecular formula is C17H22ClFN2O2. The summed E-state index contributed by atoms with van der Waals surface area (Å²) in [5.74, 6) is 0.0266. The van der Waals surface area contributed by atoms with Gasteiger partial charge in [0.2, 0.25) is 5.91 Å². The molecule has 2 atom stereocenters. The Morgan fingerprint density at radius 3 is 2.91 bits per heavy atom. The number of hydrogen-bond donors (Lipinski definition) is 1. The molecule has 2 aliphatic heterocycles. The molecule has 2 aliphatic rings. The number of aliphatic hydroxyl groups excluding tert-OH is 1. The average Bonchev–Trinajstić information content (AvgIpc) is 2.87. The first-order chi connectivity index (χ1) is 10.9. The normalized spacial score (nSPS) is 28.0. The standard InChI is InChI=1S/C17H22ClFN2O2/c1-12(23)21-5-4-17(11-22)10-20(8-14(17)9-21)7-13-2-3-15(19)6-16(13)18/h2-3,6,14,22H,4-5,7-11H2,1H3/t14-,17-/m1/s1. The second kappa shape index (κ2) is 6.38. The Morgan fingerprint density at radius 2 is 2.26 bits per heavy atom. The van der Waals surface area contributed by atoms with Crippen LogP contribution in [0.5, 0.6) is 0 Å². The van der Waals surface area contributed by atoms with Crippen molar-refractivity contribution in [1.82, 2.24) is 9.80 Å². The smallest absolute Gasteiger partial charge is 0.219 e. The van der Waals surface area contributed by atoms with Gasteiger partial charge in [-0.2, -0.15) is 0 Å². The van der Waals surface area contributed by atoms with Crippen LogP contribution >= 0.6 is 11.6 Å². The van der Waals surface area contributed by atoms with E-state index in [4.69, 9.17) is 11.6 Å². The van der Waals surface area contributed by atoms with Gasteiger partial charge in [0.25, 0.3) is 0 Å². The summed E-state index contributed by atoms with van der Waals surface area (Å²) in [6, 6.07) is 4.47. The molecular weight excluding hydrogens is 319 g/mol. The van der Waals surface area contributed by atoms with Crippen LogP contribution in [-0.4, -0.2) is 53.6 Å². The molecule has 0 spiro atoms. The van der Waals surface area contributed by atoms with Crippen molar-refractivity contribution in [3.8, 4) is 0 Å². The third kappa shape index (κ3) is 3.23. The molecule has 126 valence electrons. The summed E-state index contributed by atoms with van der Waals surface area (Å²) >= 11 is 6.13. The fraction of sp³-hybridized carbons (Fsp3) is 0.588. The lowest BCUT2D eigenvalue weighted by Crippen LogP contribution is -2.50. The minimum Gasteiger partial charge on any atom is -0.396 e. The van der Waals surface area contributed by atoms with Crippen molar-refractivity contribution in [3.63, 3.8) is 0 Å². The predicted octanol–water partition coefficient (Wildman–Crippen LogP) is 2.14. The van der Waals surface area contributed by atoms with E-state index in [9.17, 15) is 14.3 Å². The van der Waals surface area contributed by atoms with Crippen molar-refractivity contribution < 1.29 is 14.3 Å². The molecule has 3 rings (SSSR count). The van der Waals surface area contributed by atoms with E-state index in [1.807, 2.05) is 4.90 Å². The molecule has 1 aromatic rings. The Hall–Kier alpha value is -1.17. The molecule has 2 heterocycles. The van der Waals surface area contributed by atoms with Crippen molar-refractivity contribution in [2.24, 2.45) is 11.3 Å². The first kappa shape index (κ1) is 16.7. The number of nitrogens with zero attached hydrogens (tertiary/aromatic N) is 2. The minimum absolute atomic E-state index is 0.0940. The van der Waals surface area contributed by atoms with E-state index in [1.165, 1.54) is 12.1 Å². The summed E-state index contributed by atoms with van der Waals surface area (Å²) in [6.07, 6.45) is 0.821. The molecule has 2 fully saturated rings. The minimum atomic E-state index is -0.335. The maximum Gasteiger partial charge on any atom is 0.219 e. The Morgan fingerprint density at radius 1 is 1.48 bits per heavy atom. The van der Waals surface area contributed by atoms with E-state index >= 15 is 0 Å². The van der Waals surface area contributed by atoms with Gasteiger partial charge in [0.1, 0.15) is 5.82 Å². The summed E-state index contributed by atoms with van der Waals surface area (Å²) in [7, 11) is 0. The molecule has 1 amide bonds. The van der Waals surface area contributed by atoms with Gasteiger partial charge in [0.15, 0.2) is 0 Å². The lowest BCUT2D eigenvalue weighted by Gasteiger charge is -2.42. The second-order valence-electron chi connectivity index (χ2n) is 6.84. The summed E-state index contributed by atoms with van der Waals surface area (Å²) in [5.41, 5.74) is 0.751. The summed E-state index contributed by atoms with van der Waals surface area (Å²) in [5, 5.41) is 10.4. The van der Waals surface area contributed by atoms with E-state index in [0.717, 1.165) is 25.1 Å². The molecule has 6 heteroatoms. The number of carbonyl (C=O) groups is 1. The van der Waals surface area contributed by atoms with Crippen molar-refractivity contribution >= 4 is 17.5 Å². The highest BCUT2D eigenvalue weighted by Crippen LogP contribution is 2.43. The molecule has 1 N–H and O–H groups in total. The van der Waals surface area contributed by atoms with Gasteiger partial charge in [-0.3, -0.25) is 9.69 Å². The number of fused-ring (bicyclic) bond motifs is 1. The highest BCUT2D eigenvalue weighted by molar-refractivity contribution is 6.31. The quantitative estimate of drug-likeness (QED) is 0.917. The van der Waals surface area contributed by atoms with Crippen LogP contribution < -0.4 is 0 Å². The average molecular weight is 341 g/mol. The maximum absolute atomic E-state index is 13.2. The number of aliphatic hydroxyl groups is 1. The highest BCUT2D eigenvalue weighted by Gasteiger charge is 2.49. The zero-order chi connectivity index (χ0) is 16.6. The number of halogens is 2. The van der Waals surface area contributed by atoms with Crippen LogP contribution in [-0.2, 0) is 11.3 Å². The fourth-order valence-corrected chi connectivity index (χ4v) is 4.18. The van der Waals surface area contributed by atoms with Crippen LogP contribution in [0.25, 0.3) is 0 Å². The summed E-state index contributed by atoms with van der Waals surface area (Å²) in [4.78, 5) is 15.7. The molecule has 23 heavy (non-hydrogen) atoms. The van der Waals surface area contributed by atoms with Gasteiger partial charge >= 0.3 is 0 Å². The van der Waals surface area contributed by atoms with Crippen LogP contribution in [0.1, 0.15) is 18.9 Å². The van der Waals surface area contributed by atoms with Crippen LogP contribution in [0.4, 0.5) is 4.39 Å². The monoisotopic (exact) mass is 340 g/mol. The molecule has 0 aromatic heterocycles. The largest absolute Gasteiger partial charge is 0.396 e. The van der Waals surface area contributed by atoms with Gasteiger partial charge in [-0.1, -0.05) is 17.7 Å². The number of piperidine rings is 1. The topological polar surface area (TPSA) is 43.8 Å². The summed E-state index contributed by atoms with van der Waals surface area (Å²) < 4.78 is 13.2. The van der Waals surface area contributed by atoms with Crippen LogP contribution in [0.3, 0.4) is 0 Å². The Labute approximate surface area is 140 Å². The first-order valence-electron chi connectivity index (χ1n) is 7.96. The Bertz CT molecular complexity index is 612. The van der Waals surface area contributed by atoms with Gasteiger partial charge in [0, 0.05) is 50.1 Å². The molecule has 0 bridgehead atoms. The molecule has 0 aliphatic carbocycles. The zero-order valence-electron chi connectivity index (χ0n) is 13.3. The third-order valence-electron chi connectivity index (χ3n) is 5.37. The number of carbonyl (C=O) groups excluding carboxylic acids is 1. The molecule has 2 saturated heterocycles. The van der Waals surface area contributed by atoms with E-state index in [1.54, 1.807) is 13.0 Å². The Kier molecular flexibility index (Phi) is 4.63. The number of likely N-dealkylation sites (tertiary alicyclic amines) is 2. The number of hydrogen-bond acceptors (Lipinski definition) is 3. The first-order valence-corrected chi connectivity index (χ1v) is 8.34. The van der Waals surface area contributed by atoms with Gasteiger partial charge in [-0.25, -0.2) is 4.39 Å².